The maximum Gasteiger partial charge on any atom is 0.223 e. The average molecular weight is 336 g/mol. The number of aliphatic hydroxyl groups is 1. The van der Waals surface area contributed by atoms with Crippen LogP contribution in [-0.2, 0) is 22.6 Å². The molecule has 23 heavy (non-hydrogen) atoms. The first kappa shape index (κ1) is 16.5. The number of carbonyl (C=O) groups excluding carboxylic acids is 2. The zero-order valence-electron chi connectivity index (χ0n) is 13.3. The standard InChI is InChI=1S/C17H24N2O3S/c20-9-6-14(12-1-2-12)18-16(21)3-4-17(22)19-8-5-15-13(11-19)7-10-23-15/h7,10,12,14,20H,1-6,8-9,11H2,(H,18,21). The second-order valence-corrected chi connectivity index (χ2v) is 7.46. The molecule has 1 fully saturated rings. The van der Waals surface area contributed by atoms with Gasteiger partial charge in [0.15, 0.2) is 0 Å². The van der Waals surface area contributed by atoms with E-state index in [9.17, 15) is 9.59 Å². The summed E-state index contributed by atoms with van der Waals surface area (Å²) in [6.45, 7) is 1.52. The highest BCUT2D eigenvalue weighted by Crippen LogP contribution is 2.34. The highest BCUT2D eigenvalue weighted by molar-refractivity contribution is 7.10. The molecule has 1 aromatic rings. The van der Waals surface area contributed by atoms with E-state index < -0.39 is 0 Å². The molecule has 2 heterocycles. The van der Waals surface area contributed by atoms with E-state index in [1.807, 2.05) is 4.90 Å². The molecule has 3 rings (SSSR count). The molecule has 0 spiro atoms. The van der Waals surface area contributed by atoms with Crippen LogP contribution < -0.4 is 5.32 Å². The number of rotatable bonds is 7. The van der Waals surface area contributed by atoms with Crippen LogP contribution in [0.3, 0.4) is 0 Å². The van der Waals surface area contributed by atoms with Crippen molar-refractivity contribution in [3.05, 3.63) is 21.9 Å². The zero-order valence-corrected chi connectivity index (χ0v) is 14.1. The molecule has 1 unspecified atom stereocenters. The van der Waals surface area contributed by atoms with Crippen molar-refractivity contribution in [2.75, 3.05) is 13.2 Å². The molecule has 0 bridgehead atoms. The van der Waals surface area contributed by atoms with Gasteiger partial charge in [-0.1, -0.05) is 0 Å². The van der Waals surface area contributed by atoms with Gasteiger partial charge >= 0.3 is 0 Å². The Kier molecular flexibility index (Phi) is 5.33. The van der Waals surface area contributed by atoms with Gasteiger partial charge in [0, 0.05) is 43.5 Å². The Balaban J connectivity index is 1.43. The summed E-state index contributed by atoms with van der Waals surface area (Å²) in [6.07, 6.45) is 4.28. The Morgan fingerprint density at radius 1 is 1.39 bits per heavy atom. The van der Waals surface area contributed by atoms with Crippen molar-refractivity contribution >= 4 is 23.2 Å². The van der Waals surface area contributed by atoms with Crippen LogP contribution in [0.4, 0.5) is 0 Å². The van der Waals surface area contributed by atoms with Crippen LogP contribution in [0.5, 0.6) is 0 Å². The molecule has 1 saturated carbocycles. The van der Waals surface area contributed by atoms with Gasteiger partial charge in [-0.05, 0) is 48.6 Å². The highest BCUT2D eigenvalue weighted by Gasteiger charge is 2.31. The minimum absolute atomic E-state index is 0.0575. The quantitative estimate of drug-likeness (QED) is 0.796. The molecule has 6 heteroatoms. The number of amides is 2. The second kappa shape index (κ2) is 7.45. The number of hydrogen-bond donors (Lipinski definition) is 2. The van der Waals surface area contributed by atoms with E-state index in [1.165, 1.54) is 10.4 Å². The summed E-state index contributed by atoms with van der Waals surface area (Å²) in [5.74, 6) is 0.500. The lowest BCUT2D eigenvalue weighted by atomic mass is 10.1. The fraction of sp³-hybridized carbons (Fsp3) is 0.647. The van der Waals surface area contributed by atoms with E-state index in [0.717, 1.165) is 25.8 Å². The third-order valence-corrected chi connectivity index (χ3v) is 5.73. The van der Waals surface area contributed by atoms with E-state index in [2.05, 4.69) is 16.8 Å². The number of aliphatic hydroxyl groups excluding tert-OH is 1. The molecule has 1 aliphatic heterocycles. The van der Waals surface area contributed by atoms with Crippen LogP contribution in [0.1, 0.15) is 42.5 Å². The van der Waals surface area contributed by atoms with Crippen molar-refractivity contribution in [3.63, 3.8) is 0 Å². The van der Waals surface area contributed by atoms with Crippen LogP contribution in [0.15, 0.2) is 11.4 Å². The Bertz CT molecular complexity index is 568. The third-order valence-electron chi connectivity index (χ3n) is 4.70. The minimum atomic E-state index is -0.0723. The largest absolute Gasteiger partial charge is 0.396 e. The van der Waals surface area contributed by atoms with Gasteiger partial charge in [0.25, 0.3) is 0 Å². The van der Waals surface area contributed by atoms with Crippen LogP contribution >= 0.6 is 11.3 Å². The van der Waals surface area contributed by atoms with Gasteiger partial charge in [0.1, 0.15) is 0 Å². The molecule has 1 aliphatic carbocycles. The first-order valence-electron chi connectivity index (χ1n) is 8.40. The molecular formula is C17H24N2O3S. The maximum absolute atomic E-state index is 12.3. The van der Waals surface area contributed by atoms with Crippen molar-refractivity contribution in [1.82, 2.24) is 10.2 Å². The van der Waals surface area contributed by atoms with E-state index in [4.69, 9.17) is 5.11 Å². The molecule has 5 nitrogen and oxygen atoms in total. The number of carbonyl (C=O) groups is 2. The Morgan fingerprint density at radius 3 is 2.96 bits per heavy atom. The number of nitrogens with zero attached hydrogens (tertiary/aromatic N) is 1. The predicted molar refractivity (Wildman–Crippen MR) is 89.0 cm³/mol. The molecule has 0 aromatic carbocycles. The molecule has 2 aliphatic rings. The van der Waals surface area contributed by atoms with E-state index in [-0.39, 0.29) is 37.3 Å². The van der Waals surface area contributed by atoms with Crippen molar-refractivity contribution in [2.24, 2.45) is 5.92 Å². The summed E-state index contributed by atoms with van der Waals surface area (Å²) >= 11 is 1.75. The third kappa shape index (κ3) is 4.32. The molecule has 1 atom stereocenters. The number of fused-ring (bicyclic) bond motifs is 1. The van der Waals surface area contributed by atoms with Gasteiger partial charge in [-0.25, -0.2) is 0 Å². The predicted octanol–water partition coefficient (Wildman–Crippen LogP) is 1.69. The van der Waals surface area contributed by atoms with Crippen LogP contribution in [0.2, 0.25) is 0 Å². The summed E-state index contributed by atoms with van der Waals surface area (Å²) in [7, 11) is 0. The number of hydrogen-bond acceptors (Lipinski definition) is 4. The first-order valence-corrected chi connectivity index (χ1v) is 9.28. The lowest BCUT2D eigenvalue weighted by Gasteiger charge is -2.27. The SMILES string of the molecule is O=C(CCC(=O)N1CCc2sccc2C1)NC(CCO)C1CC1. The fourth-order valence-electron chi connectivity index (χ4n) is 3.18. The fourth-order valence-corrected chi connectivity index (χ4v) is 4.07. The van der Waals surface area contributed by atoms with Gasteiger partial charge < -0.3 is 15.3 Å². The first-order chi connectivity index (χ1) is 11.2. The monoisotopic (exact) mass is 336 g/mol. The van der Waals surface area contributed by atoms with E-state index >= 15 is 0 Å². The molecule has 0 radical (unpaired) electrons. The Labute approximate surface area is 140 Å². The van der Waals surface area contributed by atoms with Gasteiger partial charge in [0.2, 0.25) is 11.8 Å². The summed E-state index contributed by atoms with van der Waals surface area (Å²) in [5.41, 5.74) is 1.25. The molecule has 0 saturated heterocycles. The summed E-state index contributed by atoms with van der Waals surface area (Å²) in [5, 5.41) is 14.1. The molecule has 1 aromatic heterocycles. The van der Waals surface area contributed by atoms with Gasteiger partial charge in [-0.15, -0.1) is 11.3 Å². The molecular weight excluding hydrogens is 312 g/mol. The van der Waals surface area contributed by atoms with E-state index in [0.29, 0.717) is 18.9 Å². The smallest absolute Gasteiger partial charge is 0.223 e. The van der Waals surface area contributed by atoms with Crippen molar-refractivity contribution < 1.29 is 14.7 Å². The van der Waals surface area contributed by atoms with Crippen molar-refractivity contribution in [3.8, 4) is 0 Å². The Hall–Kier alpha value is -1.40. The lowest BCUT2D eigenvalue weighted by molar-refractivity contribution is -0.134. The van der Waals surface area contributed by atoms with Crippen molar-refractivity contribution in [1.29, 1.82) is 0 Å². The van der Waals surface area contributed by atoms with Crippen LogP contribution in [-0.4, -0.2) is 41.0 Å². The summed E-state index contributed by atoms with van der Waals surface area (Å²) in [6, 6.07) is 2.16. The van der Waals surface area contributed by atoms with Crippen LogP contribution in [0.25, 0.3) is 0 Å². The minimum Gasteiger partial charge on any atom is -0.396 e. The topological polar surface area (TPSA) is 69.6 Å². The Morgan fingerprint density at radius 2 is 2.22 bits per heavy atom. The summed E-state index contributed by atoms with van der Waals surface area (Å²) in [4.78, 5) is 27.6. The highest BCUT2D eigenvalue weighted by atomic mass is 32.1. The van der Waals surface area contributed by atoms with Gasteiger partial charge in [-0.2, -0.15) is 0 Å². The number of nitrogens with one attached hydrogen (secondary N) is 1. The molecule has 2 amide bonds. The lowest BCUT2D eigenvalue weighted by Crippen LogP contribution is -2.39. The maximum atomic E-state index is 12.3. The normalized spacial score (nSPS) is 18.4. The summed E-state index contributed by atoms with van der Waals surface area (Å²) < 4.78 is 0. The van der Waals surface area contributed by atoms with Crippen molar-refractivity contribution in [2.45, 2.75) is 51.1 Å². The molecule has 126 valence electrons. The van der Waals surface area contributed by atoms with Gasteiger partial charge in [0.05, 0.1) is 0 Å². The average Bonchev–Trinajstić information content (AvgIpc) is 3.29. The number of thiophene rings is 1. The molecule has 2 N–H and O–H groups in total. The van der Waals surface area contributed by atoms with Gasteiger partial charge in [-0.3, -0.25) is 9.59 Å². The van der Waals surface area contributed by atoms with Crippen LogP contribution in [0, 0.1) is 5.92 Å². The van der Waals surface area contributed by atoms with E-state index in [1.54, 1.807) is 11.3 Å². The zero-order chi connectivity index (χ0) is 16.2. The second-order valence-electron chi connectivity index (χ2n) is 6.46.